The highest BCUT2D eigenvalue weighted by atomic mass is 19.4. The maximum absolute atomic E-state index is 13.8. The largest absolute Gasteiger partial charge is 0.478 e. The maximum atomic E-state index is 13.8. The Morgan fingerprint density at radius 1 is 1.10 bits per heavy atom. The molecule has 2 N–H and O–H groups in total. The Kier molecular flexibility index (Phi) is 7.37. The molecule has 2 aromatic carbocycles. The van der Waals surface area contributed by atoms with Crippen molar-refractivity contribution in [2.24, 2.45) is 5.41 Å². The first-order valence-corrected chi connectivity index (χ1v) is 13.4. The van der Waals surface area contributed by atoms with Crippen molar-refractivity contribution in [3.8, 4) is 5.75 Å². The Bertz CT molecular complexity index is 1240. The van der Waals surface area contributed by atoms with Gasteiger partial charge in [0.1, 0.15) is 5.75 Å². The topological polar surface area (TPSA) is 90.3 Å². The fourth-order valence-corrected chi connectivity index (χ4v) is 6.50. The lowest BCUT2D eigenvalue weighted by Crippen LogP contribution is -2.51. The molecule has 1 unspecified atom stereocenters. The van der Waals surface area contributed by atoms with Crippen molar-refractivity contribution in [1.82, 2.24) is 9.80 Å². The molecule has 2 aliphatic heterocycles. The van der Waals surface area contributed by atoms with E-state index in [4.69, 9.17) is 4.74 Å². The predicted molar refractivity (Wildman–Crippen MR) is 136 cm³/mol. The minimum absolute atomic E-state index is 0.00196. The van der Waals surface area contributed by atoms with Crippen LogP contribution in [-0.2, 0) is 17.5 Å². The number of benzene rings is 2. The monoisotopic (exact) mass is 546 g/mol. The number of likely N-dealkylation sites (tertiary alicyclic amines) is 1. The molecule has 2 heterocycles. The maximum Gasteiger partial charge on any atom is 0.416 e. The van der Waals surface area contributed by atoms with Crippen molar-refractivity contribution in [2.45, 2.75) is 69.8 Å². The molecule has 0 spiro atoms. The highest BCUT2D eigenvalue weighted by Crippen LogP contribution is 2.46. The molecule has 1 amide bonds. The Hall–Kier alpha value is -3.11. The van der Waals surface area contributed by atoms with Crippen LogP contribution in [-0.4, -0.2) is 63.9 Å². The highest BCUT2D eigenvalue weighted by molar-refractivity contribution is 5.87. The number of carboxylic acid groups (broad SMARTS) is 1. The van der Waals surface area contributed by atoms with Gasteiger partial charge in [-0.25, -0.2) is 4.79 Å². The van der Waals surface area contributed by atoms with Crippen LogP contribution in [0.4, 0.5) is 13.2 Å². The van der Waals surface area contributed by atoms with Gasteiger partial charge in [-0.15, -0.1) is 0 Å². The normalized spacial score (nSPS) is 25.2. The molecule has 3 atom stereocenters. The molecular formula is C29H33F3N2O5. The van der Waals surface area contributed by atoms with E-state index in [-0.39, 0.29) is 36.7 Å². The minimum atomic E-state index is -4.49. The van der Waals surface area contributed by atoms with Crippen molar-refractivity contribution in [2.75, 3.05) is 19.8 Å². The number of carbonyl (C=O) groups excluding carboxylic acids is 1. The van der Waals surface area contributed by atoms with E-state index in [1.54, 1.807) is 25.1 Å². The van der Waals surface area contributed by atoms with Gasteiger partial charge in [-0.3, -0.25) is 4.79 Å². The number of nitrogens with zero attached hydrogens (tertiary/aromatic N) is 2. The molecule has 2 fully saturated rings. The summed E-state index contributed by atoms with van der Waals surface area (Å²) < 4.78 is 45.3. The molecule has 7 nitrogen and oxygen atoms in total. The lowest BCUT2D eigenvalue weighted by atomic mass is 9.79. The summed E-state index contributed by atoms with van der Waals surface area (Å²) >= 11 is 0. The second kappa shape index (κ2) is 10.5. The number of hydrogen-bond donors (Lipinski definition) is 2. The zero-order chi connectivity index (χ0) is 27.9. The molecule has 39 heavy (non-hydrogen) atoms. The molecule has 0 aromatic heterocycles. The van der Waals surface area contributed by atoms with Crippen LogP contribution in [0.15, 0.2) is 42.5 Å². The number of aliphatic hydroxyl groups excluding tert-OH is 1. The number of fused-ring (bicyclic) bond motifs is 1. The van der Waals surface area contributed by atoms with E-state index in [1.807, 2.05) is 6.07 Å². The van der Waals surface area contributed by atoms with E-state index in [9.17, 15) is 33.0 Å². The smallest absolute Gasteiger partial charge is 0.416 e. The van der Waals surface area contributed by atoms with Gasteiger partial charge in [-0.1, -0.05) is 12.1 Å². The summed E-state index contributed by atoms with van der Waals surface area (Å²) in [5.41, 5.74) is -0.213. The number of halogens is 3. The second-order valence-electron chi connectivity index (χ2n) is 11.1. The van der Waals surface area contributed by atoms with Crippen molar-refractivity contribution >= 4 is 11.9 Å². The molecule has 3 aliphatic rings. The van der Waals surface area contributed by atoms with Crippen LogP contribution < -0.4 is 4.74 Å². The highest BCUT2D eigenvalue weighted by Gasteiger charge is 2.52. The number of rotatable bonds is 5. The van der Waals surface area contributed by atoms with Crippen molar-refractivity contribution in [3.63, 3.8) is 0 Å². The average molecular weight is 547 g/mol. The summed E-state index contributed by atoms with van der Waals surface area (Å²) in [6.45, 7) is 3.14. The summed E-state index contributed by atoms with van der Waals surface area (Å²) in [4.78, 5) is 28.9. The molecule has 210 valence electrons. The van der Waals surface area contributed by atoms with Crippen molar-refractivity contribution < 1.29 is 37.7 Å². The number of aliphatic hydroxyl groups is 1. The summed E-state index contributed by atoms with van der Waals surface area (Å²) in [5.74, 6) is -0.636. The van der Waals surface area contributed by atoms with Crippen LogP contribution >= 0.6 is 0 Å². The molecule has 1 saturated heterocycles. The number of amides is 1. The summed E-state index contributed by atoms with van der Waals surface area (Å²) in [7, 11) is 0. The van der Waals surface area contributed by atoms with E-state index in [1.165, 1.54) is 11.0 Å². The third-order valence-corrected chi connectivity index (χ3v) is 8.81. The van der Waals surface area contributed by atoms with Gasteiger partial charge in [0.15, 0.2) is 6.73 Å². The first-order valence-electron chi connectivity index (χ1n) is 13.4. The van der Waals surface area contributed by atoms with Crippen LogP contribution in [0, 0.1) is 5.41 Å². The molecule has 10 heteroatoms. The van der Waals surface area contributed by atoms with E-state index in [0.29, 0.717) is 24.2 Å². The van der Waals surface area contributed by atoms with Gasteiger partial charge >= 0.3 is 12.1 Å². The summed E-state index contributed by atoms with van der Waals surface area (Å²) in [6, 6.07) is 10.5. The van der Waals surface area contributed by atoms with Gasteiger partial charge in [0.2, 0.25) is 5.91 Å². The van der Waals surface area contributed by atoms with Gasteiger partial charge < -0.3 is 24.7 Å². The zero-order valence-corrected chi connectivity index (χ0v) is 21.8. The lowest BCUT2D eigenvalue weighted by molar-refractivity contribution is -0.153. The summed E-state index contributed by atoms with van der Waals surface area (Å²) in [5, 5.41) is 20.1. The van der Waals surface area contributed by atoms with Crippen LogP contribution in [0.5, 0.6) is 5.75 Å². The average Bonchev–Trinajstić information content (AvgIpc) is 3.39. The number of carbonyl (C=O) groups is 2. The third kappa shape index (κ3) is 5.36. The van der Waals surface area contributed by atoms with E-state index in [2.05, 4.69) is 4.90 Å². The predicted octanol–water partition coefficient (Wildman–Crippen LogP) is 4.88. The fourth-order valence-electron chi connectivity index (χ4n) is 6.50. The molecule has 2 aromatic rings. The lowest BCUT2D eigenvalue weighted by Gasteiger charge is -2.40. The van der Waals surface area contributed by atoms with Crippen LogP contribution in [0.1, 0.15) is 72.0 Å². The second-order valence-corrected chi connectivity index (χ2v) is 11.1. The standard InChI is InChI=1S/C29H33F3N2O5/c1-18(35)28(27(38)34-16-22-14-23(29(30,31)32)5-6-25(22)39-17-34)10-7-24(15-28)33-11-8-19(9-12-33)20-3-2-4-21(13-20)26(36)37/h2-6,13-14,18-19,24,35H,7-12,15-17H2,1H3,(H,36,37)/t18-,24+,28?/m0/s1. The summed E-state index contributed by atoms with van der Waals surface area (Å²) in [6.07, 6.45) is -1.99. The zero-order valence-electron chi connectivity index (χ0n) is 21.8. The molecule has 0 bridgehead atoms. The van der Waals surface area contributed by atoms with Gasteiger partial charge in [-0.2, -0.15) is 13.2 Å². The van der Waals surface area contributed by atoms with Gasteiger partial charge in [0.25, 0.3) is 0 Å². The van der Waals surface area contributed by atoms with Gasteiger partial charge in [-0.05, 0) is 93.9 Å². The number of carboxylic acids is 1. The van der Waals surface area contributed by atoms with Crippen LogP contribution in [0.3, 0.4) is 0 Å². The van der Waals surface area contributed by atoms with Crippen molar-refractivity contribution in [3.05, 3.63) is 64.7 Å². The Labute approximate surface area is 225 Å². The first-order chi connectivity index (χ1) is 18.5. The Morgan fingerprint density at radius 3 is 2.51 bits per heavy atom. The number of aromatic carboxylic acids is 1. The van der Waals surface area contributed by atoms with Gasteiger partial charge in [0, 0.05) is 11.6 Å². The minimum Gasteiger partial charge on any atom is -0.478 e. The number of ether oxygens (including phenoxy) is 1. The molecule has 1 aliphatic carbocycles. The fraction of sp³-hybridized carbons (Fsp3) is 0.517. The molecule has 1 saturated carbocycles. The van der Waals surface area contributed by atoms with Gasteiger partial charge in [0.05, 0.1) is 29.2 Å². The Morgan fingerprint density at radius 2 is 1.85 bits per heavy atom. The SMILES string of the molecule is C[C@H](O)C1(C(=O)N2COc3ccc(C(F)(F)F)cc3C2)CC[C@@H](N2CCC(c3cccc(C(=O)O)c3)CC2)C1. The molecular weight excluding hydrogens is 513 g/mol. The van der Waals surface area contributed by atoms with Crippen molar-refractivity contribution in [1.29, 1.82) is 0 Å². The third-order valence-electron chi connectivity index (χ3n) is 8.81. The van der Waals surface area contributed by atoms with Crippen LogP contribution in [0.2, 0.25) is 0 Å². The quantitative estimate of drug-likeness (QED) is 0.556. The van der Waals surface area contributed by atoms with Crippen LogP contribution in [0.25, 0.3) is 0 Å². The molecule has 0 radical (unpaired) electrons. The Balaban J connectivity index is 1.25. The first kappa shape index (κ1) is 27.5. The van der Waals surface area contributed by atoms with E-state index in [0.717, 1.165) is 50.0 Å². The number of alkyl halides is 3. The van der Waals surface area contributed by atoms with E-state index >= 15 is 0 Å². The van der Waals surface area contributed by atoms with E-state index < -0.39 is 29.2 Å². The number of piperidine rings is 1. The number of hydrogen-bond acceptors (Lipinski definition) is 5. The molecule has 5 rings (SSSR count).